The largest absolute Gasteiger partial charge is 0.356 e. The summed E-state index contributed by atoms with van der Waals surface area (Å²) in [5.41, 5.74) is 0. The van der Waals surface area contributed by atoms with Crippen LogP contribution in [0.15, 0.2) is 0 Å². The van der Waals surface area contributed by atoms with Crippen LogP contribution >= 0.6 is 24.2 Å². The van der Waals surface area contributed by atoms with Crippen LogP contribution in [0.1, 0.15) is 51.4 Å². The number of nitrogens with zero attached hydrogens (tertiary/aromatic N) is 1. The number of hydrogen-bond acceptors (Lipinski definition) is 3. The number of thiocarbonyl (C=S) groups is 1. The van der Waals surface area contributed by atoms with E-state index in [0.717, 1.165) is 17.4 Å². The molecule has 0 bridgehead atoms. The van der Waals surface area contributed by atoms with Gasteiger partial charge in [0.05, 0.1) is 0 Å². The molecule has 0 radical (unpaired) electrons. The monoisotopic (exact) mass is 258 g/mol. The van der Waals surface area contributed by atoms with E-state index in [1.807, 2.05) is 0 Å². The van der Waals surface area contributed by atoms with Gasteiger partial charge in [0.15, 0.2) is 4.32 Å². The molecule has 0 amide bonds. The molecule has 2 nitrogen and oxygen atoms in total. The van der Waals surface area contributed by atoms with Crippen molar-refractivity contribution >= 4 is 28.5 Å². The van der Waals surface area contributed by atoms with Crippen LogP contribution in [0.2, 0.25) is 0 Å². The zero-order chi connectivity index (χ0) is 11.2. The summed E-state index contributed by atoms with van der Waals surface area (Å²) in [6.07, 6.45) is 10.8. The third kappa shape index (κ3) is 3.90. The van der Waals surface area contributed by atoms with Crippen LogP contribution in [-0.4, -0.2) is 28.4 Å². The van der Waals surface area contributed by atoms with Gasteiger partial charge in [-0.25, -0.2) is 0 Å². The Labute approximate surface area is 109 Å². The number of likely N-dealkylation sites (tertiary alicyclic amines) is 1. The zero-order valence-corrected chi connectivity index (χ0v) is 11.5. The highest BCUT2D eigenvalue weighted by Crippen LogP contribution is 2.21. The summed E-state index contributed by atoms with van der Waals surface area (Å²) in [5, 5.41) is 0. The van der Waals surface area contributed by atoms with E-state index in [1.165, 1.54) is 51.4 Å². The lowest BCUT2D eigenvalue weighted by Crippen LogP contribution is -2.36. The van der Waals surface area contributed by atoms with Crippen molar-refractivity contribution < 1.29 is 0 Å². The number of hydrogen-bond donors (Lipinski definition) is 1. The molecule has 2 fully saturated rings. The number of rotatable bonds is 2. The van der Waals surface area contributed by atoms with Gasteiger partial charge in [-0.3, -0.25) is 4.72 Å². The predicted molar refractivity (Wildman–Crippen MR) is 75.6 cm³/mol. The van der Waals surface area contributed by atoms with Gasteiger partial charge in [0.1, 0.15) is 0 Å². The zero-order valence-electron chi connectivity index (χ0n) is 9.91. The summed E-state index contributed by atoms with van der Waals surface area (Å²) >= 11 is 7.17. The molecule has 2 aliphatic rings. The van der Waals surface area contributed by atoms with Crippen molar-refractivity contribution in [3.05, 3.63) is 0 Å². The quantitative estimate of drug-likeness (QED) is 0.603. The van der Waals surface area contributed by atoms with Crippen LogP contribution in [0.4, 0.5) is 0 Å². The molecule has 1 heterocycles. The van der Waals surface area contributed by atoms with Gasteiger partial charge in [-0.1, -0.05) is 31.5 Å². The third-order valence-corrected chi connectivity index (χ3v) is 4.92. The fraction of sp³-hybridized carbons (Fsp3) is 0.917. The highest BCUT2D eigenvalue weighted by atomic mass is 32.2. The molecule has 2 rings (SSSR count). The normalized spacial score (nSPS) is 23.4. The molecule has 0 spiro atoms. The molecule has 0 unspecified atom stereocenters. The molecule has 4 heteroatoms. The van der Waals surface area contributed by atoms with Gasteiger partial charge in [-0.2, -0.15) is 0 Å². The predicted octanol–water partition coefficient (Wildman–Crippen LogP) is 3.33. The molecule has 1 saturated carbocycles. The minimum Gasteiger partial charge on any atom is -0.356 e. The van der Waals surface area contributed by atoms with E-state index in [-0.39, 0.29) is 0 Å². The van der Waals surface area contributed by atoms with Crippen molar-refractivity contribution in [2.24, 2.45) is 0 Å². The maximum absolute atomic E-state index is 5.47. The van der Waals surface area contributed by atoms with Crippen LogP contribution in [0.25, 0.3) is 0 Å². The van der Waals surface area contributed by atoms with Gasteiger partial charge < -0.3 is 4.90 Å². The standard InChI is InChI=1S/C12H22N2S2/c15-12(14-9-5-2-6-10-14)16-13-11-7-3-1-4-8-11/h11,13H,1-10H2. The lowest BCUT2D eigenvalue weighted by Gasteiger charge is -2.30. The molecule has 0 aromatic carbocycles. The second-order valence-electron chi connectivity index (χ2n) is 4.87. The van der Waals surface area contributed by atoms with Crippen LogP contribution in [0.5, 0.6) is 0 Å². The Morgan fingerprint density at radius 2 is 1.62 bits per heavy atom. The Morgan fingerprint density at radius 1 is 1.00 bits per heavy atom. The molecular formula is C12H22N2S2. The van der Waals surface area contributed by atoms with Crippen molar-refractivity contribution in [1.82, 2.24) is 9.62 Å². The molecule has 1 aliphatic heterocycles. The van der Waals surface area contributed by atoms with Gasteiger partial charge >= 0.3 is 0 Å². The van der Waals surface area contributed by atoms with Crippen molar-refractivity contribution in [1.29, 1.82) is 0 Å². The van der Waals surface area contributed by atoms with Gasteiger partial charge in [0.2, 0.25) is 0 Å². The average Bonchev–Trinajstić information content (AvgIpc) is 2.38. The first kappa shape index (κ1) is 12.7. The summed E-state index contributed by atoms with van der Waals surface area (Å²) in [5.74, 6) is 0. The maximum atomic E-state index is 5.47. The molecule has 1 N–H and O–H groups in total. The number of piperidine rings is 1. The summed E-state index contributed by atoms with van der Waals surface area (Å²) in [4.78, 5) is 2.36. The van der Waals surface area contributed by atoms with E-state index in [2.05, 4.69) is 9.62 Å². The highest BCUT2D eigenvalue weighted by molar-refractivity contribution is 8.21. The fourth-order valence-electron chi connectivity index (χ4n) is 2.50. The van der Waals surface area contributed by atoms with Crippen LogP contribution in [-0.2, 0) is 0 Å². The summed E-state index contributed by atoms with van der Waals surface area (Å²) < 4.78 is 4.61. The maximum Gasteiger partial charge on any atom is 0.151 e. The summed E-state index contributed by atoms with van der Waals surface area (Å²) in [6.45, 7) is 2.33. The minimum absolute atomic E-state index is 0.696. The average molecular weight is 258 g/mol. The smallest absolute Gasteiger partial charge is 0.151 e. The van der Waals surface area contributed by atoms with E-state index in [1.54, 1.807) is 11.9 Å². The molecule has 0 aromatic rings. The topological polar surface area (TPSA) is 15.3 Å². The molecule has 1 aliphatic carbocycles. The summed E-state index contributed by atoms with van der Waals surface area (Å²) in [7, 11) is 0. The summed E-state index contributed by atoms with van der Waals surface area (Å²) in [6, 6.07) is 0.696. The van der Waals surface area contributed by atoms with Gasteiger partial charge in [0, 0.05) is 19.1 Å². The molecule has 1 saturated heterocycles. The van der Waals surface area contributed by atoms with Gasteiger partial charge in [0.25, 0.3) is 0 Å². The van der Waals surface area contributed by atoms with Crippen molar-refractivity contribution in [3.63, 3.8) is 0 Å². The van der Waals surface area contributed by atoms with E-state index in [0.29, 0.717) is 6.04 Å². The van der Waals surface area contributed by atoms with Crippen LogP contribution in [0, 0.1) is 0 Å². The Hall–Kier alpha value is 0.200. The Morgan fingerprint density at radius 3 is 2.31 bits per heavy atom. The first-order valence-corrected chi connectivity index (χ1v) is 7.80. The van der Waals surface area contributed by atoms with E-state index in [9.17, 15) is 0 Å². The Bertz CT molecular complexity index is 221. The molecule has 0 atom stereocenters. The van der Waals surface area contributed by atoms with Crippen molar-refractivity contribution in [3.8, 4) is 0 Å². The lowest BCUT2D eigenvalue weighted by molar-refractivity contribution is 0.352. The second-order valence-corrected chi connectivity index (χ2v) is 6.34. The fourth-order valence-corrected chi connectivity index (χ4v) is 3.64. The van der Waals surface area contributed by atoms with Gasteiger partial charge in [-0.15, -0.1) is 0 Å². The van der Waals surface area contributed by atoms with E-state index < -0.39 is 0 Å². The first-order chi connectivity index (χ1) is 7.86. The van der Waals surface area contributed by atoms with Crippen molar-refractivity contribution in [2.45, 2.75) is 57.4 Å². The number of nitrogens with one attached hydrogen (secondary N) is 1. The minimum atomic E-state index is 0.696. The lowest BCUT2D eigenvalue weighted by atomic mass is 9.96. The third-order valence-electron chi connectivity index (χ3n) is 3.53. The van der Waals surface area contributed by atoms with Crippen LogP contribution in [0.3, 0.4) is 0 Å². The van der Waals surface area contributed by atoms with E-state index in [4.69, 9.17) is 12.2 Å². The Balaban J connectivity index is 1.65. The van der Waals surface area contributed by atoms with Gasteiger partial charge in [-0.05, 0) is 44.1 Å². The Kier molecular flexibility index (Phi) is 5.39. The van der Waals surface area contributed by atoms with E-state index >= 15 is 0 Å². The molecule has 16 heavy (non-hydrogen) atoms. The van der Waals surface area contributed by atoms with Crippen molar-refractivity contribution in [2.75, 3.05) is 13.1 Å². The first-order valence-electron chi connectivity index (χ1n) is 6.57. The van der Waals surface area contributed by atoms with Crippen LogP contribution < -0.4 is 4.72 Å². The molecule has 0 aromatic heterocycles. The molecular weight excluding hydrogens is 236 g/mol. The second kappa shape index (κ2) is 6.82. The SMILES string of the molecule is S=C(SNC1CCCCC1)N1CCCCC1. The molecule has 92 valence electrons. The highest BCUT2D eigenvalue weighted by Gasteiger charge is 2.17.